The average Bonchev–Trinajstić information content (AvgIpc) is 2.62. The molecule has 0 atom stereocenters. The van der Waals surface area contributed by atoms with E-state index in [0.717, 1.165) is 6.42 Å². The lowest BCUT2D eigenvalue weighted by atomic mass is 9.86. The van der Waals surface area contributed by atoms with Crippen molar-refractivity contribution in [1.29, 1.82) is 0 Å². The molecule has 0 aliphatic rings. The van der Waals surface area contributed by atoms with Crippen molar-refractivity contribution in [3.8, 4) is 0 Å². The minimum Gasteiger partial charge on any atom is -0.0616 e. The highest BCUT2D eigenvalue weighted by atomic mass is 14.2. The molecule has 0 radical (unpaired) electrons. The van der Waals surface area contributed by atoms with E-state index in [1.54, 1.807) is 0 Å². The van der Waals surface area contributed by atoms with Crippen molar-refractivity contribution in [3.63, 3.8) is 0 Å². The topological polar surface area (TPSA) is 0 Å². The van der Waals surface area contributed by atoms with Crippen molar-refractivity contribution in [2.24, 2.45) is 0 Å². The van der Waals surface area contributed by atoms with E-state index in [4.69, 9.17) is 0 Å². The molecule has 0 nitrogen and oxygen atoms in total. The van der Waals surface area contributed by atoms with E-state index >= 15 is 0 Å². The van der Waals surface area contributed by atoms with E-state index in [-0.39, 0.29) is 0 Å². The molecule has 26 heavy (non-hydrogen) atoms. The summed E-state index contributed by atoms with van der Waals surface area (Å²) >= 11 is 0. The Morgan fingerprint density at radius 2 is 1.15 bits per heavy atom. The molecule has 0 saturated heterocycles. The number of hydrogen-bond donors (Lipinski definition) is 0. The average molecular weight is 338 g/mol. The zero-order chi connectivity index (χ0) is 18.4. The summed E-state index contributed by atoms with van der Waals surface area (Å²) in [5, 5.41) is 5.48. The fraction of sp³-hybridized carbons (Fsp3) is 0.231. The molecule has 0 heterocycles. The van der Waals surface area contributed by atoms with Crippen molar-refractivity contribution in [2.75, 3.05) is 0 Å². The summed E-state index contributed by atoms with van der Waals surface area (Å²) in [6.07, 6.45) is 0.987. The second kappa shape index (κ2) is 6.29. The molecule has 0 amide bonds. The summed E-state index contributed by atoms with van der Waals surface area (Å²) in [5.74, 6) is 0. The molecule has 0 spiro atoms. The highest BCUT2D eigenvalue weighted by Gasteiger charge is 2.13. The van der Waals surface area contributed by atoms with Crippen molar-refractivity contribution in [3.05, 3.63) is 93.5 Å². The number of rotatable bonds is 2. The first-order valence-electron chi connectivity index (χ1n) is 9.43. The highest BCUT2D eigenvalue weighted by Crippen LogP contribution is 2.32. The zero-order valence-corrected chi connectivity index (χ0v) is 16.4. The summed E-state index contributed by atoms with van der Waals surface area (Å²) in [4.78, 5) is 0. The van der Waals surface area contributed by atoms with Gasteiger partial charge in [0.1, 0.15) is 0 Å². The van der Waals surface area contributed by atoms with E-state index in [9.17, 15) is 0 Å². The van der Waals surface area contributed by atoms with Gasteiger partial charge in [0.2, 0.25) is 0 Å². The molecule has 4 aromatic carbocycles. The van der Waals surface area contributed by atoms with Gasteiger partial charge in [0.15, 0.2) is 0 Å². The largest absolute Gasteiger partial charge is 0.0616 e. The second-order valence-electron chi connectivity index (χ2n) is 7.72. The zero-order valence-electron chi connectivity index (χ0n) is 16.4. The van der Waals surface area contributed by atoms with Gasteiger partial charge in [-0.25, -0.2) is 0 Å². The summed E-state index contributed by atoms with van der Waals surface area (Å²) in [6.45, 7) is 11.2. The first kappa shape index (κ1) is 16.8. The predicted octanol–water partition coefficient (Wildman–Crippen LogP) is 7.13. The number of benzene rings is 4. The van der Waals surface area contributed by atoms with Gasteiger partial charge in [-0.15, -0.1) is 0 Å². The SMILES string of the molecule is Cc1ccc2c(Cc3c(C)c(C)cc4ccccc34)c(C)c(C)cc2c1. The van der Waals surface area contributed by atoms with Gasteiger partial charge in [0.25, 0.3) is 0 Å². The lowest BCUT2D eigenvalue weighted by Crippen LogP contribution is -2.01. The van der Waals surface area contributed by atoms with Crippen LogP contribution in [0.5, 0.6) is 0 Å². The molecular weight excluding hydrogens is 312 g/mol. The maximum atomic E-state index is 2.34. The van der Waals surface area contributed by atoms with E-state index in [1.165, 1.54) is 60.5 Å². The fourth-order valence-corrected chi connectivity index (χ4v) is 4.17. The maximum Gasteiger partial charge on any atom is -0.000800 e. The van der Waals surface area contributed by atoms with Crippen LogP contribution in [0.1, 0.15) is 38.9 Å². The van der Waals surface area contributed by atoms with Crippen LogP contribution in [0.3, 0.4) is 0 Å². The first-order chi connectivity index (χ1) is 12.5. The molecule has 0 unspecified atom stereocenters. The molecule has 0 bridgehead atoms. The third kappa shape index (κ3) is 2.70. The second-order valence-corrected chi connectivity index (χ2v) is 7.72. The smallest absolute Gasteiger partial charge is 0.000800 e. The Kier molecular flexibility index (Phi) is 4.07. The molecular formula is C26H26. The number of fused-ring (bicyclic) bond motifs is 2. The molecule has 130 valence electrons. The van der Waals surface area contributed by atoms with E-state index in [0.29, 0.717) is 0 Å². The van der Waals surface area contributed by atoms with Gasteiger partial charge in [0.05, 0.1) is 0 Å². The number of aryl methyl sites for hydroxylation is 3. The van der Waals surface area contributed by atoms with Crippen LogP contribution < -0.4 is 0 Å². The van der Waals surface area contributed by atoms with Gasteiger partial charge in [0, 0.05) is 0 Å². The van der Waals surface area contributed by atoms with Gasteiger partial charge in [-0.3, -0.25) is 0 Å². The van der Waals surface area contributed by atoms with Crippen molar-refractivity contribution in [2.45, 2.75) is 41.0 Å². The van der Waals surface area contributed by atoms with Crippen LogP contribution in [0, 0.1) is 34.6 Å². The van der Waals surface area contributed by atoms with Gasteiger partial charge in [-0.1, -0.05) is 60.2 Å². The Morgan fingerprint density at radius 3 is 1.85 bits per heavy atom. The van der Waals surface area contributed by atoms with Crippen molar-refractivity contribution < 1.29 is 0 Å². The summed E-state index contributed by atoms with van der Waals surface area (Å²) in [6, 6.07) is 20.3. The van der Waals surface area contributed by atoms with Gasteiger partial charge in [-0.05, 0) is 96.0 Å². The van der Waals surface area contributed by atoms with Crippen LogP contribution in [0.4, 0.5) is 0 Å². The van der Waals surface area contributed by atoms with Crippen molar-refractivity contribution >= 4 is 21.5 Å². The minimum atomic E-state index is 0.987. The molecule has 4 aromatic rings. The van der Waals surface area contributed by atoms with Crippen molar-refractivity contribution in [1.82, 2.24) is 0 Å². The molecule has 0 aliphatic heterocycles. The molecule has 4 rings (SSSR count). The van der Waals surface area contributed by atoms with Crippen LogP contribution >= 0.6 is 0 Å². The third-order valence-corrected chi connectivity index (χ3v) is 6.00. The Hall–Kier alpha value is -2.60. The van der Waals surface area contributed by atoms with Gasteiger partial charge in [-0.2, -0.15) is 0 Å². The Morgan fingerprint density at radius 1 is 0.577 bits per heavy atom. The van der Waals surface area contributed by atoms with Crippen LogP contribution in [-0.4, -0.2) is 0 Å². The summed E-state index contributed by atoms with van der Waals surface area (Å²) < 4.78 is 0. The number of hydrogen-bond acceptors (Lipinski definition) is 0. The Labute approximate surface area is 156 Å². The van der Waals surface area contributed by atoms with E-state index in [1.807, 2.05) is 0 Å². The van der Waals surface area contributed by atoms with Crippen LogP contribution in [0.25, 0.3) is 21.5 Å². The van der Waals surface area contributed by atoms with Gasteiger partial charge >= 0.3 is 0 Å². The quantitative estimate of drug-likeness (QED) is 0.365. The molecule has 0 aliphatic carbocycles. The maximum absolute atomic E-state index is 2.34. The summed E-state index contributed by atoms with van der Waals surface area (Å²) in [5.41, 5.74) is 9.87. The van der Waals surface area contributed by atoms with Crippen LogP contribution in [-0.2, 0) is 6.42 Å². The lowest BCUT2D eigenvalue weighted by molar-refractivity contribution is 1.14. The normalized spacial score (nSPS) is 11.4. The predicted molar refractivity (Wildman–Crippen MR) is 114 cm³/mol. The molecule has 0 saturated carbocycles. The lowest BCUT2D eigenvalue weighted by Gasteiger charge is -2.18. The Balaban J connectivity index is 2.01. The van der Waals surface area contributed by atoms with Crippen LogP contribution in [0.2, 0.25) is 0 Å². The molecule has 0 aromatic heterocycles. The molecule has 0 N–H and O–H groups in total. The third-order valence-electron chi connectivity index (χ3n) is 6.00. The first-order valence-corrected chi connectivity index (χ1v) is 9.43. The fourth-order valence-electron chi connectivity index (χ4n) is 4.17. The van der Waals surface area contributed by atoms with E-state index < -0.39 is 0 Å². The molecule has 0 fully saturated rings. The standard InChI is InChI=1S/C26H26/c1-16-10-11-24-22(12-16)14-18(3)20(5)26(24)15-25-19(4)17(2)13-21-8-6-7-9-23(21)25/h6-14H,15H2,1-5H3. The van der Waals surface area contributed by atoms with Gasteiger partial charge < -0.3 is 0 Å². The van der Waals surface area contributed by atoms with Crippen LogP contribution in [0.15, 0.2) is 54.6 Å². The van der Waals surface area contributed by atoms with E-state index in [2.05, 4.69) is 89.2 Å². The summed E-state index contributed by atoms with van der Waals surface area (Å²) in [7, 11) is 0. The minimum absolute atomic E-state index is 0.987. The molecule has 0 heteroatoms. The Bertz CT molecular complexity index is 1150. The highest BCUT2D eigenvalue weighted by molar-refractivity contribution is 5.91. The monoisotopic (exact) mass is 338 g/mol.